The molecule has 3 aromatic rings. The van der Waals surface area contributed by atoms with E-state index in [1.165, 1.54) is 35.3 Å². The summed E-state index contributed by atoms with van der Waals surface area (Å²) >= 11 is 12.0. The number of nitrogens with one attached hydrogen (secondary N) is 1. The first-order valence-electron chi connectivity index (χ1n) is 8.03. The van der Waals surface area contributed by atoms with Crippen LogP contribution in [-0.4, -0.2) is 24.1 Å². The van der Waals surface area contributed by atoms with Crippen molar-refractivity contribution >= 4 is 44.8 Å². The number of carbonyl (C=O) groups is 1. The fourth-order valence-electron chi connectivity index (χ4n) is 2.58. The number of hydrogen-bond acceptors (Lipinski definition) is 5. The van der Waals surface area contributed by atoms with Gasteiger partial charge in [0, 0.05) is 21.9 Å². The van der Waals surface area contributed by atoms with Crippen molar-refractivity contribution in [1.29, 1.82) is 5.26 Å². The Morgan fingerprint density at radius 3 is 2.66 bits per heavy atom. The summed E-state index contributed by atoms with van der Waals surface area (Å²) in [6, 6.07) is 10.8. The third-order valence-corrected chi connectivity index (χ3v) is 5.41. The zero-order valence-electron chi connectivity index (χ0n) is 14.6. The number of benzene rings is 2. The number of nitriles is 1. The Hall–Kier alpha value is -2.90. The van der Waals surface area contributed by atoms with E-state index in [0.29, 0.717) is 15.6 Å². The van der Waals surface area contributed by atoms with Crippen molar-refractivity contribution in [3.63, 3.8) is 0 Å². The van der Waals surface area contributed by atoms with Gasteiger partial charge in [0.15, 0.2) is 0 Å². The van der Waals surface area contributed by atoms with Crippen molar-refractivity contribution in [3.8, 4) is 11.8 Å². The molecule has 0 unspecified atom stereocenters. The number of halogens is 2. The Kier molecular flexibility index (Phi) is 5.91. The largest absolute Gasteiger partial charge is 0.326 e. The summed E-state index contributed by atoms with van der Waals surface area (Å²) in [5.41, 5.74) is 1.14. The molecule has 0 spiro atoms. The van der Waals surface area contributed by atoms with E-state index in [-0.39, 0.29) is 28.3 Å². The quantitative estimate of drug-likeness (QED) is 0.617. The van der Waals surface area contributed by atoms with E-state index in [1.54, 1.807) is 18.2 Å². The molecule has 0 aliphatic heterocycles. The zero-order valence-corrected chi connectivity index (χ0v) is 17.0. The van der Waals surface area contributed by atoms with Crippen LogP contribution >= 0.6 is 23.2 Å². The first kappa shape index (κ1) is 20.8. The lowest BCUT2D eigenvalue weighted by atomic mass is 10.1. The topological polar surface area (TPSA) is 131 Å². The van der Waals surface area contributed by atoms with Gasteiger partial charge >= 0.3 is 0 Å². The van der Waals surface area contributed by atoms with Gasteiger partial charge < -0.3 is 5.32 Å². The molecular weight excluding hydrogens is 437 g/mol. The van der Waals surface area contributed by atoms with Crippen LogP contribution in [0, 0.1) is 11.3 Å². The Morgan fingerprint density at radius 1 is 1.24 bits per heavy atom. The van der Waals surface area contributed by atoms with Crippen LogP contribution in [0.2, 0.25) is 10.0 Å². The van der Waals surface area contributed by atoms with Crippen LogP contribution in [0.4, 0.5) is 5.69 Å². The Balaban J connectivity index is 1.90. The average molecular weight is 450 g/mol. The van der Waals surface area contributed by atoms with E-state index in [9.17, 15) is 13.2 Å². The van der Waals surface area contributed by atoms with Gasteiger partial charge in [-0.05, 0) is 42.0 Å². The highest BCUT2D eigenvalue weighted by Crippen LogP contribution is 2.25. The van der Waals surface area contributed by atoms with Crippen molar-refractivity contribution < 1.29 is 13.2 Å². The number of aromatic nitrogens is 2. The van der Waals surface area contributed by atoms with Crippen LogP contribution in [0.3, 0.4) is 0 Å². The molecule has 1 heterocycles. The van der Waals surface area contributed by atoms with Crippen LogP contribution in [0.15, 0.2) is 53.7 Å². The lowest BCUT2D eigenvalue weighted by molar-refractivity contribution is -0.115. The summed E-state index contributed by atoms with van der Waals surface area (Å²) < 4.78 is 25.3. The lowest BCUT2D eigenvalue weighted by Gasteiger charge is -2.12. The van der Waals surface area contributed by atoms with E-state index in [0.717, 1.165) is 0 Å². The highest BCUT2D eigenvalue weighted by Gasteiger charge is 2.18. The van der Waals surface area contributed by atoms with Crippen LogP contribution in [0.1, 0.15) is 11.1 Å². The van der Waals surface area contributed by atoms with E-state index >= 15 is 0 Å². The number of rotatable bonds is 5. The third-order valence-electron chi connectivity index (χ3n) is 3.87. The molecule has 0 aliphatic carbocycles. The van der Waals surface area contributed by atoms with Gasteiger partial charge in [-0.2, -0.15) is 10.4 Å². The number of amides is 1. The van der Waals surface area contributed by atoms with Crippen LogP contribution in [0.25, 0.3) is 5.69 Å². The maximum Gasteiger partial charge on any atom is 0.240 e. The van der Waals surface area contributed by atoms with Crippen LogP contribution < -0.4 is 10.5 Å². The maximum absolute atomic E-state index is 12.4. The van der Waals surface area contributed by atoms with Gasteiger partial charge in [0.25, 0.3) is 0 Å². The van der Waals surface area contributed by atoms with Gasteiger partial charge in [0.1, 0.15) is 11.0 Å². The second-order valence-corrected chi connectivity index (χ2v) is 8.35. The minimum Gasteiger partial charge on any atom is -0.326 e. The van der Waals surface area contributed by atoms with Crippen LogP contribution in [-0.2, 0) is 21.2 Å². The molecule has 8 nitrogen and oxygen atoms in total. The molecule has 0 atom stereocenters. The van der Waals surface area contributed by atoms with Gasteiger partial charge in [0.2, 0.25) is 15.9 Å². The minimum atomic E-state index is -4.14. The summed E-state index contributed by atoms with van der Waals surface area (Å²) in [6.07, 6.45) is 2.59. The predicted molar refractivity (Wildman–Crippen MR) is 108 cm³/mol. The predicted octanol–water partition coefficient (Wildman–Crippen LogP) is 2.88. The fourth-order valence-corrected chi connectivity index (χ4v) is 3.70. The van der Waals surface area contributed by atoms with Gasteiger partial charge in [0.05, 0.1) is 23.9 Å². The molecule has 0 saturated carbocycles. The Labute approximate surface area is 176 Å². The standard InChI is InChI=1S/C18H13Cl2N5O3S/c19-13-1-3-15(20)12(5-13)6-18(26)24-14-2-4-16(17(7-14)29(22,27)28)25-10-11(8-21)9-23-25/h1-5,7,9-10H,6H2,(H,24,26)(H2,22,27,28). The van der Waals surface area contributed by atoms with E-state index < -0.39 is 15.9 Å². The number of nitrogens with two attached hydrogens (primary N) is 1. The van der Waals surface area contributed by atoms with Gasteiger partial charge in [-0.25, -0.2) is 18.2 Å². The Bertz CT molecular complexity index is 1250. The second kappa shape index (κ2) is 8.23. The SMILES string of the molecule is N#Cc1cnn(-c2ccc(NC(=O)Cc3cc(Cl)ccc3Cl)cc2S(N)(=O)=O)c1. The number of nitrogens with zero attached hydrogens (tertiary/aromatic N) is 3. The molecular formula is C18H13Cl2N5O3S. The minimum absolute atomic E-state index is 0.0590. The molecule has 1 aromatic heterocycles. The molecule has 1 amide bonds. The first-order chi connectivity index (χ1) is 13.7. The molecule has 3 rings (SSSR count). The first-order valence-corrected chi connectivity index (χ1v) is 10.3. The van der Waals surface area contributed by atoms with E-state index in [4.69, 9.17) is 33.6 Å². The Morgan fingerprint density at radius 2 is 2.00 bits per heavy atom. The number of primary sulfonamides is 1. The molecule has 0 fully saturated rings. The molecule has 148 valence electrons. The molecule has 29 heavy (non-hydrogen) atoms. The van der Waals surface area contributed by atoms with Gasteiger partial charge in [-0.15, -0.1) is 0 Å². The van der Waals surface area contributed by atoms with Crippen molar-refractivity contribution in [1.82, 2.24) is 9.78 Å². The zero-order chi connectivity index (χ0) is 21.2. The summed E-state index contributed by atoms with van der Waals surface area (Å²) in [5, 5.41) is 21.6. The van der Waals surface area contributed by atoms with Crippen molar-refractivity contribution in [2.24, 2.45) is 5.14 Å². The summed E-state index contributed by atoms with van der Waals surface area (Å²) in [6.45, 7) is 0. The molecule has 0 aliphatic rings. The summed E-state index contributed by atoms with van der Waals surface area (Å²) in [5.74, 6) is -0.423. The average Bonchev–Trinajstić information content (AvgIpc) is 3.13. The normalized spacial score (nSPS) is 11.1. The smallest absolute Gasteiger partial charge is 0.240 e. The van der Waals surface area contributed by atoms with E-state index in [1.807, 2.05) is 6.07 Å². The van der Waals surface area contributed by atoms with Crippen molar-refractivity contribution in [2.45, 2.75) is 11.3 Å². The van der Waals surface area contributed by atoms with Crippen molar-refractivity contribution in [2.75, 3.05) is 5.32 Å². The summed E-state index contributed by atoms with van der Waals surface area (Å²) in [7, 11) is -4.14. The molecule has 2 aromatic carbocycles. The monoisotopic (exact) mass is 449 g/mol. The molecule has 11 heteroatoms. The lowest BCUT2D eigenvalue weighted by Crippen LogP contribution is -2.18. The second-order valence-electron chi connectivity index (χ2n) is 5.97. The molecule has 0 radical (unpaired) electrons. The summed E-state index contributed by atoms with van der Waals surface area (Å²) in [4.78, 5) is 12.1. The number of anilines is 1. The van der Waals surface area contributed by atoms with Crippen molar-refractivity contribution in [3.05, 3.63) is 70.0 Å². The fraction of sp³-hybridized carbons (Fsp3) is 0.0556. The molecule has 3 N–H and O–H groups in total. The highest BCUT2D eigenvalue weighted by atomic mass is 35.5. The van der Waals surface area contributed by atoms with Gasteiger partial charge in [-0.1, -0.05) is 23.2 Å². The van der Waals surface area contributed by atoms with Gasteiger partial charge in [-0.3, -0.25) is 4.79 Å². The van der Waals surface area contributed by atoms with E-state index in [2.05, 4.69) is 10.4 Å². The number of carbonyl (C=O) groups excluding carboxylic acids is 1. The maximum atomic E-state index is 12.4. The molecule has 0 saturated heterocycles. The third kappa shape index (κ3) is 4.93. The molecule has 0 bridgehead atoms. The number of hydrogen-bond donors (Lipinski definition) is 2. The highest BCUT2D eigenvalue weighted by molar-refractivity contribution is 7.89. The van der Waals surface area contributed by atoms with Crippen LogP contribution in [0.5, 0.6) is 0 Å². The number of sulfonamides is 1.